The third-order valence-electron chi connectivity index (χ3n) is 7.25. The number of nitrogens with one attached hydrogen (secondary N) is 1. The molecule has 3 aromatic heterocycles. The summed E-state index contributed by atoms with van der Waals surface area (Å²) in [6, 6.07) is 21.4. The number of aryl methyl sites for hydroxylation is 2. The molecule has 1 atom stereocenters. The van der Waals surface area contributed by atoms with E-state index < -0.39 is 0 Å². The molecular weight excluding hydrogens is 613 g/mol. The first-order chi connectivity index (χ1) is 21.4. The van der Waals surface area contributed by atoms with Crippen molar-refractivity contribution in [1.29, 1.82) is 0 Å². The lowest BCUT2D eigenvalue weighted by Crippen LogP contribution is -2.28. The monoisotopic (exact) mass is 642 g/mol. The number of thiophene rings is 2. The van der Waals surface area contributed by atoms with Crippen molar-refractivity contribution in [3.05, 3.63) is 110 Å². The van der Waals surface area contributed by atoms with Gasteiger partial charge in [-0.05, 0) is 71.6 Å². The van der Waals surface area contributed by atoms with Crippen LogP contribution in [0.5, 0.6) is 5.75 Å². The molecule has 6 rings (SSSR count). The summed E-state index contributed by atoms with van der Waals surface area (Å²) in [5.41, 5.74) is 4.89. The molecule has 0 radical (unpaired) electrons. The Morgan fingerprint density at radius 1 is 1.02 bits per heavy atom. The van der Waals surface area contributed by atoms with Crippen LogP contribution in [0, 0.1) is 13.8 Å². The number of carbonyl (C=O) groups excluding carboxylic acids is 2. The fourth-order valence-corrected chi connectivity index (χ4v) is 7.15. The van der Waals surface area contributed by atoms with E-state index in [1.54, 1.807) is 29.5 Å². The second-order valence-electron chi connectivity index (χ2n) is 10.2. The van der Waals surface area contributed by atoms with E-state index in [1.165, 1.54) is 23.1 Å². The average Bonchev–Trinajstić information content (AvgIpc) is 3.86. The number of hydrazone groups is 1. The molecule has 0 spiro atoms. The van der Waals surface area contributed by atoms with Gasteiger partial charge in [-0.25, -0.2) is 5.01 Å². The smallest absolute Gasteiger partial charge is 0.261 e. The third-order valence-corrected chi connectivity index (χ3v) is 9.96. The minimum Gasteiger partial charge on any atom is -0.497 e. The van der Waals surface area contributed by atoms with E-state index in [1.807, 2.05) is 83.8 Å². The Morgan fingerprint density at radius 2 is 1.82 bits per heavy atom. The molecule has 9 nitrogen and oxygen atoms in total. The number of methoxy groups -OCH3 is 1. The Labute approximate surface area is 267 Å². The molecule has 0 unspecified atom stereocenters. The van der Waals surface area contributed by atoms with Crippen molar-refractivity contribution in [2.24, 2.45) is 5.10 Å². The predicted molar refractivity (Wildman–Crippen MR) is 175 cm³/mol. The summed E-state index contributed by atoms with van der Waals surface area (Å²) < 4.78 is 7.27. The Hall–Kier alpha value is -4.26. The number of amides is 2. The van der Waals surface area contributed by atoms with Gasteiger partial charge in [0.25, 0.3) is 11.8 Å². The van der Waals surface area contributed by atoms with Crippen LogP contribution in [0.2, 0.25) is 0 Å². The molecule has 12 heteroatoms. The molecule has 224 valence electrons. The topological polar surface area (TPSA) is 102 Å². The standard InChI is InChI=1S/C32H30N6O3S3/c1-20-8-9-21(2)25(16-20)37-29(18-33-31(40)28-7-5-15-43-28)34-35-32(37)44-19-30(39)38-26(22-10-12-23(41-3)13-11-22)17-24(36-38)27-6-4-14-42-27/h4-16,26H,17-19H2,1-3H3,(H,33,40)/t26-/m0/s1. The van der Waals surface area contributed by atoms with Crippen LogP contribution in [0.25, 0.3) is 5.69 Å². The van der Waals surface area contributed by atoms with Crippen molar-refractivity contribution in [3.63, 3.8) is 0 Å². The number of rotatable bonds is 10. The fourth-order valence-electron chi connectivity index (χ4n) is 4.97. The number of thioether (sulfide) groups is 1. The Balaban J connectivity index is 1.26. The van der Waals surface area contributed by atoms with Gasteiger partial charge in [0, 0.05) is 6.42 Å². The van der Waals surface area contributed by atoms with E-state index in [2.05, 4.69) is 21.6 Å². The van der Waals surface area contributed by atoms with E-state index in [0.29, 0.717) is 22.3 Å². The van der Waals surface area contributed by atoms with Crippen LogP contribution < -0.4 is 10.1 Å². The minimum atomic E-state index is -0.231. The highest BCUT2D eigenvalue weighted by molar-refractivity contribution is 7.99. The maximum absolute atomic E-state index is 13.8. The van der Waals surface area contributed by atoms with E-state index in [9.17, 15) is 9.59 Å². The maximum atomic E-state index is 13.8. The van der Waals surface area contributed by atoms with Crippen molar-refractivity contribution in [2.75, 3.05) is 12.9 Å². The number of hydrogen-bond donors (Lipinski definition) is 1. The molecule has 0 fully saturated rings. The van der Waals surface area contributed by atoms with Gasteiger partial charge in [0.1, 0.15) is 5.75 Å². The Morgan fingerprint density at radius 3 is 2.55 bits per heavy atom. The van der Waals surface area contributed by atoms with Gasteiger partial charge in [0.15, 0.2) is 11.0 Å². The first-order valence-corrected chi connectivity index (χ1v) is 16.7. The summed E-state index contributed by atoms with van der Waals surface area (Å²) in [5.74, 6) is 1.14. The number of aromatic nitrogens is 3. The summed E-state index contributed by atoms with van der Waals surface area (Å²) >= 11 is 4.30. The molecule has 5 aromatic rings. The summed E-state index contributed by atoms with van der Waals surface area (Å²) in [5, 5.41) is 22.7. The molecule has 1 aliphatic rings. The zero-order chi connectivity index (χ0) is 30.6. The average molecular weight is 643 g/mol. The number of benzene rings is 2. The lowest BCUT2D eigenvalue weighted by molar-refractivity contribution is -0.130. The first kappa shape index (κ1) is 29.8. The van der Waals surface area contributed by atoms with Gasteiger partial charge < -0.3 is 10.1 Å². The maximum Gasteiger partial charge on any atom is 0.261 e. The number of ether oxygens (including phenoxy) is 1. The molecule has 0 saturated heterocycles. The van der Waals surface area contributed by atoms with E-state index >= 15 is 0 Å². The summed E-state index contributed by atoms with van der Waals surface area (Å²) in [4.78, 5) is 28.2. The number of hydrogen-bond acceptors (Lipinski definition) is 9. The van der Waals surface area contributed by atoms with Gasteiger partial charge >= 0.3 is 0 Å². The van der Waals surface area contributed by atoms with Crippen LogP contribution in [0.3, 0.4) is 0 Å². The highest BCUT2D eigenvalue weighted by atomic mass is 32.2. The normalized spacial score (nSPS) is 14.5. The molecular formula is C32H30N6O3S3. The molecule has 2 amide bonds. The van der Waals surface area contributed by atoms with E-state index in [0.717, 1.165) is 38.7 Å². The fraction of sp³-hybridized carbons (Fsp3) is 0.219. The van der Waals surface area contributed by atoms with E-state index in [-0.39, 0.29) is 30.2 Å². The van der Waals surface area contributed by atoms with Crippen LogP contribution in [0.4, 0.5) is 0 Å². The largest absolute Gasteiger partial charge is 0.497 e. The molecule has 0 bridgehead atoms. The predicted octanol–water partition coefficient (Wildman–Crippen LogP) is 6.42. The molecule has 4 heterocycles. The van der Waals surface area contributed by atoms with Gasteiger partial charge in [-0.2, -0.15) is 5.10 Å². The first-order valence-electron chi connectivity index (χ1n) is 13.9. The molecule has 44 heavy (non-hydrogen) atoms. The SMILES string of the molecule is COc1ccc([C@@H]2CC(c3cccs3)=NN2C(=O)CSc2nnc(CNC(=O)c3cccs3)n2-c2cc(C)ccc2C)cc1. The Kier molecular flexibility index (Phi) is 8.91. The zero-order valence-electron chi connectivity index (χ0n) is 24.4. The van der Waals surface area contributed by atoms with Crippen molar-refractivity contribution in [3.8, 4) is 11.4 Å². The molecule has 1 aliphatic heterocycles. The van der Waals surface area contributed by atoms with Gasteiger partial charge in [0.2, 0.25) is 0 Å². The summed E-state index contributed by atoms with van der Waals surface area (Å²) in [7, 11) is 1.63. The van der Waals surface area contributed by atoms with Crippen molar-refractivity contribution >= 4 is 52.0 Å². The summed E-state index contributed by atoms with van der Waals surface area (Å²) in [6.07, 6.45) is 0.621. The molecule has 0 saturated carbocycles. The van der Waals surface area contributed by atoms with Gasteiger partial charge in [-0.15, -0.1) is 32.9 Å². The molecule has 0 aliphatic carbocycles. The second kappa shape index (κ2) is 13.2. The highest BCUT2D eigenvalue weighted by Gasteiger charge is 2.34. The van der Waals surface area contributed by atoms with Crippen LogP contribution in [-0.2, 0) is 11.3 Å². The molecule has 2 aromatic carbocycles. The van der Waals surface area contributed by atoms with Gasteiger partial charge in [-0.3, -0.25) is 14.2 Å². The number of nitrogens with zero attached hydrogens (tertiary/aromatic N) is 5. The van der Waals surface area contributed by atoms with E-state index in [4.69, 9.17) is 9.84 Å². The second-order valence-corrected chi connectivity index (χ2v) is 13.1. The van der Waals surface area contributed by atoms with Crippen molar-refractivity contribution in [2.45, 2.75) is 38.0 Å². The van der Waals surface area contributed by atoms with Crippen molar-refractivity contribution < 1.29 is 14.3 Å². The highest BCUT2D eigenvalue weighted by Crippen LogP contribution is 2.35. The van der Waals surface area contributed by atoms with Gasteiger partial charge in [0.05, 0.1) is 46.6 Å². The lowest BCUT2D eigenvalue weighted by atomic mass is 10.0. The summed E-state index contributed by atoms with van der Waals surface area (Å²) in [6.45, 7) is 4.23. The van der Waals surface area contributed by atoms with Crippen LogP contribution >= 0.6 is 34.4 Å². The quantitative estimate of drug-likeness (QED) is 0.177. The Bertz CT molecular complexity index is 1800. The van der Waals surface area contributed by atoms with Gasteiger partial charge in [-0.1, -0.05) is 48.2 Å². The number of carbonyl (C=O) groups is 2. The van der Waals surface area contributed by atoms with Crippen molar-refractivity contribution in [1.82, 2.24) is 25.1 Å². The van der Waals surface area contributed by atoms with Crippen LogP contribution in [-0.4, -0.2) is 50.2 Å². The van der Waals surface area contributed by atoms with Crippen LogP contribution in [0.1, 0.15) is 49.5 Å². The lowest BCUT2D eigenvalue weighted by Gasteiger charge is -2.22. The minimum absolute atomic E-state index is 0.110. The molecule has 1 N–H and O–H groups in total. The zero-order valence-corrected chi connectivity index (χ0v) is 26.8. The third kappa shape index (κ3) is 6.33. The van der Waals surface area contributed by atoms with Crippen LogP contribution in [0.15, 0.2) is 87.7 Å².